The predicted octanol–water partition coefficient (Wildman–Crippen LogP) is 2.90. The molecular weight excluding hydrogens is 253 g/mol. The molecule has 2 nitrogen and oxygen atoms in total. The standard InChI is InChI=1S/C9H12BrNO.ClH/c1-6(11)8-5-7(12-2)3-4-9(8)10;/h3-6H,11H2,1-2H3;1H/t6-;/m1./s1. The molecule has 13 heavy (non-hydrogen) atoms. The molecule has 0 unspecified atom stereocenters. The SMILES string of the molecule is COc1ccc(Br)c([C@@H](C)N)c1.Cl. The highest BCUT2D eigenvalue weighted by Gasteiger charge is 2.05. The van der Waals surface area contributed by atoms with Crippen molar-refractivity contribution in [3.05, 3.63) is 28.2 Å². The highest BCUT2D eigenvalue weighted by atomic mass is 79.9. The van der Waals surface area contributed by atoms with Crippen molar-refractivity contribution in [1.82, 2.24) is 0 Å². The van der Waals surface area contributed by atoms with Crippen molar-refractivity contribution in [2.75, 3.05) is 7.11 Å². The molecule has 1 atom stereocenters. The highest BCUT2D eigenvalue weighted by Crippen LogP contribution is 2.26. The number of rotatable bonds is 2. The molecule has 0 spiro atoms. The van der Waals surface area contributed by atoms with Crippen molar-refractivity contribution in [2.45, 2.75) is 13.0 Å². The summed E-state index contributed by atoms with van der Waals surface area (Å²) >= 11 is 3.42. The molecule has 1 aromatic carbocycles. The van der Waals surface area contributed by atoms with E-state index in [0.717, 1.165) is 15.8 Å². The molecular formula is C9H13BrClNO. The third-order valence-electron chi connectivity index (χ3n) is 1.69. The second-order valence-corrected chi connectivity index (χ2v) is 3.53. The second kappa shape index (κ2) is 5.47. The first-order chi connectivity index (χ1) is 5.65. The molecule has 0 heterocycles. The number of hydrogen-bond acceptors (Lipinski definition) is 2. The van der Waals surface area contributed by atoms with Crippen LogP contribution in [0.25, 0.3) is 0 Å². The first kappa shape index (κ1) is 12.8. The minimum absolute atomic E-state index is 0. The van der Waals surface area contributed by atoms with E-state index in [1.807, 2.05) is 25.1 Å². The van der Waals surface area contributed by atoms with E-state index in [1.54, 1.807) is 7.11 Å². The average Bonchev–Trinajstić information content (AvgIpc) is 2.05. The Hall–Kier alpha value is -0.250. The maximum atomic E-state index is 5.75. The fraction of sp³-hybridized carbons (Fsp3) is 0.333. The lowest BCUT2D eigenvalue weighted by Crippen LogP contribution is -2.05. The lowest BCUT2D eigenvalue weighted by Gasteiger charge is -2.09. The smallest absolute Gasteiger partial charge is 0.119 e. The topological polar surface area (TPSA) is 35.2 Å². The van der Waals surface area contributed by atoms with Crippen molar-refractivity contribution in [2.24, 2.45) is 5.73 Å². The molecule has 0 fully saturated rings. The van der Waals surface area contributed by atoms with Crippen LogP contribution < -0.4 is 10.5 Å². The molecule has 0 saturated heterocycles. The van der Waals surface area contributed by atoms with Crippen LogP contribution in [0.1, 0.15) is 18.5 Å². The minimum Gasteiger partial charge on any atom is -0.497 e. The Morgan fingerprint density at radius 2 is 2.08 bits per heavy atom. The summed E-state index contributed by atoms with van der Waals surface area (Å²) in [5.74, 6) is 0.838. The van der Waals surface area contributed by atoms with Gasteiger partial charge in [0, 0.05) is 10.5 Å². The number of halogens is 2. The fourth-order valence-corrected chi connectivity index (χ4v) is 1.61. The van der Waals surface area contributed by atoms with Gasteiger partial charge in [0.2, 0.25) is 0 Å². The van der Waals surface area contributed by atoms with Crippen molar-refractivity contribution in [3.8, 4) is 5.75 Å². The van der Waals surface area contributed by atoms with Gasteiger partial charge in [0.15, 0.2) is 0 Å². The molecule has 0 saturated carbocycles. The van der Waals surface area contributed by atoms with Gasteiger partial charge in [-0.3, -0.25) is 0 Å². The van der Waals surface area contributed by atoms with E-state index >= 15 is 0 Å². The zero-order chi connectivity index (χ0) is 9.14. The van der Waals surface area contributed by atoms with Crippen LogP contribution in [-0.4, -0.2) is 7.11 Å². The van der Waals surface area contributed by atoms with Crippen LogP contribution in [0.15, 0.2) is 22.7 Å². The summed E-state index contributed by atoms with van der Waals surface area (Å²) in [5, 5.41) is 0. The lowest BCUT2D eigenvalue weighted by molar-refractivity contribution is 0.414. The number of hydrogen-bond donors (Lipinski definition) is 1. The normalized spacial score (nSPS) is 11.7. The van der Waals surface area contributed by atoms with Crippen molar-refractivity contribution < 1.29 is 4.74 Å². The third kappa shape index (κ3) is 3.18. The quantitative estimate of drug-likeness (QED) is 0.893. The summed E-state index contributed by atoms with van der Waals surface area (Å²) in [4.78, 5) is 0. The van der Waals surface area contributed by atoms with Crippen LogP contribution in [0.4, 0.5) is 0 Å². The van der Waals surface area contributed by atoms with Crippen LogP contribution in [0, 0.1) is 0 Å². The molecule has 2 N–H and O–H groups in total. The summed E-state index contributed by atoms with van der Waals surface area (Å²) in [5.41, 5.74) is 6.82. The Morgan fingerprint density at radius 1 is 1.46 bits per heavy atom. The number of benzene rings is 1. The molecule has 0 radical (unpaired) electrons. The Bertz CT molecular complexity index is 278. The second-order valence-electron chi connectivity index (χ2n) is 2.68. The molecule has 0 aliphatic carbocycles. The zero-order valence-corrected chi connectivity index (χ0v) is 9.98. The maximum absolute atomic E-state index is 5.75. The van der Waals surface area contributed by atoms with Crippen LogP contribution in [-0.2, 0) is 0 Å². The molecule has 74 valence electrons. The Morgan fingerprint density at radius 3 is 2.54 bits per heavy atom. The first-order valence-electron chi connectivity index (χ1n) is 3.74. The van der Waals surface area contributed by atoms with Crippen LogP contribution in [0.5, 0.6) is 5.75 Å². The van der Waals surface area contributed by atoms with Gasteiger partial charge in [0.25, 0.3) is 0 Å². The molecule has 1 aromatic rings. The van der Waals surface area contributed by atoms with Gasteiger partial charge in [-0.1, -0.05) is 15.9 Å². The molecule has 0 aliphatic rings. The number of methoxy groups -OCH3 is 1. The van der Waals surface area contributed by atoms with E-state index < -0.39 is 0 Å². The summed E-state index contributed by atoms with van der Waals surface area (Å²) in [6.45, 7) is 1.94. The van der Waals surface area contributed by atoms with Gasteiger partial charge in [-0.15, -0.1) is 12.4 Å². The van der Waals surface area contributed by atoms with E-state index in [-0.39, 0.29) is 18.4 Å². The number of ether oxygens (including phenoxy) is 1. The maximum Gasteiger partial charge on any atom is 0.119 e. The van der Waals surface area contributed by atoms with Gasteiger partial charge in [0.1, 0.15) is 5.75 Å². The molecule has 4 heteroatoms. The summed E-state index contributed by atoms with van der Waals surface area (Å²) in [6.07, 6.45) is 0. The summed E-state index contributed by atoms with van der Waals surface area (Å²) in [6, 6.07) is 5.80. The average molecular weight is 267 g/mol. The first-order valence-corrected chi connectivity index (χ1v) is 4.53. The van der Waals surface area contributed by atoms with Crippen molar-refractivity contribution >= 4 is 28.3 Å². The van der Waals surface area contributed by atoms with Gasteiger partial charge >= 0.3 is 0 Å². The summed E-state index contributed by atoms with van der Waals surface area (Å²) in [7, 11) is 1.65. The summed E-state index contributed by atoms with van der Waals surface area (Å²) < 4.78 is 6.11. The van der Waals surface area contributed by atoms with E-state index in [1.165, 1.54) is 0 Å². The largest absolute Gasteiger partial charge is 0.497 e. The van der Waals surface area contributed by atoms with Gasteiger partial charge in [-0.05, 0) is 30.7 Å². The van der Waals surface area contributed by atoms with E-state index in [0.29, 0.717) is 0 Å². The molecule has 1 rings (SSSR count). The molecule has 0 bridgehead atoms. The van der Waals surface area contributed by atoms with Gasteiger partial charge in [-0.25, -0.2) is 0 Å². The third-order valence-corrected chi connectivity index (χ3v) is 2.42. The Kier molecular flexibility index (Phi) is 5.37. The lowest BCUT2D eigenvalue weighted by atomic mass is 10.1. The highest BCUT2D eigenvalue weighted by molar-refractivity contribution is 9.10. The molecule has 0 aromatic heterocycles. The van der Waals surface area contributed by atoms with Crippen molar-refractivity contribution in [3.63, 3.8) is 0 Å². The zero-order valence-electron chi connectivity index (χ0n) is 7.58. The number of nitrogens with two attached hydrogens (primary N) is 1. The van der Waals surface area contributed by atoms with Gasteiger partial charge in [-0.2, -0.15) is 0 Å². The predicted molar refractivity (Wildman–Crippen MR) is 60.5 cm³/mol. The van der Waals surface area contributed by atoms with Gasteiger partial charge < -0.3 is 10.5 Å². The van der Waals surface area contributed by atoms with Crippen molar-refractivity contribution in [1.29, 1.82) is 0 Å². The Labute approximate surface area is 93.0 Å². The van der Waals surface area contributed by atoms with E-state index in [9.17, 15) is 0 Å². The minimum atomic E-state index is 0. The van der Waals surface area contributed by atoms with E-state index in [4.69, 9.17) is 10.5 Å². The van der Waals surface area contributed by atoms with Gasteiger partial charge in [0.05, 0.1) is 7.11 Å². The molecule has 0 amide bonds. The van der Waals surface area contributed by atoms with E-state index in [2.05, 4.69) is 15.9 Å². The van der Waals surface area contributed by atoms with Crippen LogP contribution in [0.2, 0.25) is 0 Å². The van der Waals surface area contributed by atoms with Crippen LogP contribution in [0.3, 0.4) is 0 Å². The van der Waals surface area contributed by atoms with Crippen LogP contribution >= 0.6 is 28.3 Å². The molecule has 0 aliphatic heterocycles. The monoisotopic (exact) mass is 265 g/mol. The fourth-order valence-electron chi connectivity index (χ4n) is 0.998. The Balaban J connectivity index is 0.00000144.